The number of aryl methyl sites for hydroxylation is 1. The minimum atomic E-state index is 0.582. The highest BCUT2D eigenvalue weighted by molar-refractivity contribution is 5.47. The van der Waals surface area contributed by atoms with Crippen LogP contribution in [0.25, 0.3) is 0 Å². The highest BCUT2D eigenvalue weighted by atomic mass is 16.5. The summed E-state index contributed by atoms with van der Waals surface area (Å²) in [6.45, 7) is 4.54. The van der Waals surface area contributed by atoms with Gasteiger partial charge in [-0.1, -0.05) is 43.3 Å². The highest BCUT2D eigenvalue weighted by Crippen LogP contribution is 2.36. The second-order valence-electron chi connectivity index (χ2n) is 7.09. The molecule has 0 amide bonds. The number of anilines is 1. The quantitative estimate of drug-likeness (QED) is 0.846. The summed E-state index contributed by atoms with van der Waals surface area (Å²) in [5.74, 6) is 2.22. The molecule has 0 spiro atoms. The molecule has 0 saturated carbocycles. The van der Waals surface area contributed by atoms with E-state index >= 15 is 0 Å². The summed E-state index contributed by atoms with van der Waals surface area (Å²) < 4.78 is 5.50. The first kappa shape index (κ1) is 15.1. The minimum absolute atomic E-state index is 0.582. The van der Waals surface area contributed by atoms with Crippen LogP contribution in [0.3, 0.4) is 0 Å². The van der Waals surface area contributed by atoms with Crippen LogP contribution >= 0.6 is 0 Å². The van der Waals surface area contributed by atoms with Crippen LogP contribution in [-0.2, 0) is 19.3 Å². The van der Waals surface area contributed by atoms with Crippen LogP contribution in [0, 0.1) is 5.92 Å². The van der Waals surface area contributed by atoms with Gasteiger partial charge in [0.15, 0.2) is 0 Å². The fraction of sp³-hybridized carbons (Fsp3) is 0.526. The van der Waals surface area contributed by atoms with Gasteiger partial charge < -0.3 is 9.42 Å². The van der Waals surface area contributed by atoms with E-state index in [0.29, 0.717) is 11.8 Å². The van der Waals surface area contributed by atoms with Crippen molar-refractivity contribution in [1.82, 2.24) is 5.16 Å². The number of aromatic nitrogens is 1. The third-order valence-electron chi connectivity index (χ3n) is 4.53. The molecule has 3 rings (SSSR count). The largest absolute Gasteiger partial charge is 0.347 e. The molecule has 1 atom stereocenters. The first-order valence-electron chi connectivity index (χ1n) is 8.28. The van der Waals surface area contributed by atoms with Crippen LogP contribution in [0.4, 0.5) is 5.88 Å². The first-order valence-corrected chi connectivity index (χ1v) is 8.28. The topological polar surface area (TPSA) is 29.3 Å². The second kappa shape index (κ2) is 6.15. The Morgan fingerprint density at radius 1 is 1.23 bits per heavy atom. The fourth-order valence-corrected chi connectivity index (χ4v) is 3.43. The van der Waals surface area contributed by atoms with Crippen LogP contribution in [0.15, 0.2) is 28.8 Å². The van der Waals surface area contributed by atoms with Crippen molar-refractivity contribution in [3.05, 3.63) is 46.6 Å². The Labute approximate surface area is 133 Å². The molecule has 0 radical (unpaired) electrons. The maximum atomic E-state index is 5.50. The third-order valence-corrected chi connectivity index (χ3v) is 4.53. The van der Waals surface area contributed by atoms with Crippen LogP contribution in [0.1, 0.15) is 48.6 Å². The summed E-state index contributed by atoms with van der Waals surface area (Å²) in [7, 11) is 4.04. The van der Waals surface area contributed by atoms with Gasteiger partial charge >= 0.3 is 0 Å². The maximum absolute atomic E-state index is 5.50. The molecule has 3 nitrogen and oxygen atoms in total. The molecule has 1 aliphatic rings. The lowest BCUT2D eigenvalue weighted by molar-refractivity contribution is 0.415. The summed E-state index contributed by atoms with van der Waals surface area (Å²) in [5, 5.41) is 4.24. The Hall–Kier alpha value is -1.77. The predicted molar refractivity (Wildman–Crippen MR) is 90.6 cm³/mol. The van der Waals surface area contributed by atoms with Crippen LogP contribution in [0.2, 0.25) is 0 Å². The first-order chi connectivity index (χ1) is 10.5. The Morgan fingerprint density at radius 2 is 1.95 bits per heavy atom. The Morgan fingerprint density at radius 3 is 2.59 bits per heavy atom. The zero-order valence-corrected chi connectivity index (χ0v) is 14.1. The van der Waals surface area contributed by atoms with Gasteiger partial charge in [-0.2, -0.15) is 0 Å². The molecule has 3 heteroatoms. The monoisotopic (exact) mass is 298 g/mol. The van der Waals surface area contributed by atoms with Crippen molar-refractivity contribution >= 4 is 5.88 Å². The molecular formula is C19H26N2O. The van der Waals surface area contributed by atoms with Gasteiger partial charge in [0.25, 0.3) is 0 Å². The summed E-state index contributed by atoms with van der Waals surface area (Å²) in [6, 6.07) is 9.23. The number of hydrogen-bond acceptors (Lipinski definition) is 3. The van der Waals surface area contributed by atoms with Crippen molar-refractivity contribution < 1.29 is 4.52 Å². The average molecular weight is 298 g/mol. The Balaban J connectivity index is 1.78. The lowest BCUT2D eigenvalue weighted by Gasteiger charge is -2.23. The molecule has 1 aromatic carbocycles. The van der Waals surface area contributed by atoms with Gasteiger partial charge in [-0.25, -0.2) is 0 Å². The number of nitrogens with zero attached hydrogens (tertiary/aromatic N) is 2. The van der Waals surface area contributed by atoms with Crippen molar-refractivity contribution in [2.24, 2.45) is 5.92 Å². The number of fused-ring (bicyclic) bond motifs is 1. The molecule has 1 unspecified atom stereocenters. The van der Waals surface area contributed by atoms with Gasteiger partial charge in [-0.3, -0.25) is 0 Å². The Kier molecular flexibility index (Phi) is 4.23. The van der Waals surface area contributed by atoms with E-state index in [2.05, 4.69) is 43.3 Å². The van der Waals surface area contributed by atoms with E-state index in [1.165, 1.54) is 16.7 Å². The van der Waals surface area contributed by atoms with E-state index in [-0.39, 0.29) is 0 Å². The standard InChI is InChI=1S/C19H26N2O/c1-13(2)11-14-5-7-15(8-6-14)16-9-10-18-17(12-16)19(21(3)4)22-20-18/h5-8,13,16H,9-12H2,1-4H3. The molecule has 0 N–H and O–H groups in total. The molecular weight excluding hydrogens is 272 g/mol. The molecule has 0 fully saturated rings. The van der Waals surface area contributed by atoms with E-state index in [0.717, 1.165) is 37.3 Å². The van der Waals surface area contributed by atoms with Gasteiger partial charge in [0.2, 0.25) is 5.88 Å². The van der Waals surface area contributed by atoms with E-state index in [1.54, 1.807) is 0 Å². The average Bonchev–Trinajstić information content (AvgIpc) is 2.90. The SMILES string of the molecule is CC(C)Cc1ccc(C2CCc3noc(N(C)C)c3C2)cc1. The van der Waals surface area contributed by atoms with Crippen molar-refractivity contribution in [3.8, 4) is 0 Å². The van der Waals surface area contributed by atoms with Crippen LogP contribution < -0.4 is 4.90 Å². The van der Waals surface area contributed by atoms with Gasteiger partial charge in [-0.15, -0.1) is 0 Å². The molecule has 0 aliphatic heterocycles. The summed E-state index contributed by atoms with van der Waals surface area (Å²) in [4.78, 5) is 2.03. The van der Waals surface area contributed by atoms with Crippen molar-refractivity contribution in [2.75, 3.05) is 19.0 Å². The highest BCUT2D eigenvalue weighted by Gasteiger charge is 2.27. The second-order valence-corrected chi connectivity index (χ2v) is 7.09. The van der Waals surface area contributed by atoms with E-state index < -0.39 is 0 Å². The zero-order valence-electron chi connectivity index (χ0n) is 14.1. The summed E-state index contributed by atoms with van der Waals surface area (Å²) in [6.07, 6.45) is 4.38. The molecule has 0 bridgehead atoms. The lowest BCUT2D eigenvalue weighted by Crippen LogP contribution is -2.16. The van der Waals surface area contributed by atoms with Crippen LogP contribution in [-0.4, -0.2) is 19.3 Å². The van der Waals surface area contributed by atoms with Crippen molar-refractivity contribution in [1.29, 1.82) is 0 Å². The molecule has 2 aromatic rings. The minimum Gasteiger partial charge on any atom is -0.347 e. The number of rotatable bonds is 4. The normalized spacial score (nSPS) is 17.6. The van der Waals surface area contributed by atoms with Gasteiger partial charge in [0.1, 0.15) is 0 Å². The summed E-state index contributed by atoms with van der Waals surface area (Å²) >= 11 is 0. The number of hydrogen-bond donors (Lipinski definition) is 0. The van der Waals surface area contributed by atoms with Crippen LogP contribution in [0.5, 0.6) is 0 Å². The Bertz CT molecular complexity index is 625. The van der Waals surface area contributed by atoms with E-state index in [4.69, 9.17) is 4.52 Å². The molecule has 22 heavy (non-hydrogen) atoms. The zero-order chi connectivity index (χ0) is 15.7. The molecule has 0 saturated heterocycles. The van der Waals surface area contributed by atoms with E-state index in [1.807, 2.05) is 19.0 Å². The van der Waals surface area contributed by atoms with Crippen molar-refractivity contribution in [2.45, 2.75) is 45.4 Å². The van der Waals surface area contributed by atoms with Gasteiger partial charge in [0, 0.05) is 19.7 Å². The lowest BCUT2D eigenvalue weighted by atomic mass is 9.82. The number of benzene rings is 1. The maximum Gasteiger partial charge on any atom is 0.230 e. The van der Waals surface area contributed by atoms with Gasteiger partial charge in [0.05, 0.1) is 5.69 Å². The van der Waals surface area contributed by atoms with Gasteiger partial charge in [-0.05, 0) is 48.6 Å². The summed E-state index contributed by atoms with van der Waals surface area (Å²) in [5.41, 5.74) is 5.34. The molecule has 1 aliphatic carbocycles. The molecule has 1 heterocycles. The van der Waals surface area contributed by atoms with Crippen molar-refractivity contribution in [3.63, 3.8) is 0 Å². The third kappa shape index (κ3) is 3.03. The van der Waals surface area contributed by atoms with E-state index in [9.17, 15) is 0 Å². The fourth-order valence-electron chi connectivity index (χ4n) is 3.43. The smallest absolute Gasteiger partial charge is 0.230 e. The molecule has 118 valence electrons. The molecule has 1 aromatic heterocycles. The predicted octanol–water partition coefficient (Wildman–Crippen LogP) is 4.21.